The third-order valence-electron chi connectivity index (χ3n) is 6.91. The van der Waals surface area contributed by atoms with Crippen LogP contribution in [0.25, 0.3) is 0 Å². The molecule has 4 aliphatic carbocycles. The fourth-order valence-corrected chi connectivity index (χ4v) is 5.48. The maximum absolute atomic E-state index is 12.9. The molecule has 1 aromatic carbocycles. The summed E-state index contributed by atoms with van der Waals surface area (Å²) in [6, 6.07) is 6.35. The Morgan fingerprint density at radius 2 is 1.62 bits per heavy atom. The Bertz CT molecular complexity index is 901. The van der Waals surface area contributed by atoms with Crippen molar-refractivity contribution < 1.29 is 23.9 Å². The molecular weight excluding hydrogens is 372 g/mol. The number of imide groups is 1. The Labute approximate surface area is 168 Å². The number of benzene rings is 1. The van der Waals surface area contributed by atoms with Crippen LogP contribution in [0.4, 0.5) is 5.69 Å². The molecule has 6 atom stereocenters. The summed E-state index contributed by atoms with van der Waals surface area (Å²) in [5, 5.41) is 2.73. The molecule has 0 radical (unpaired) electrons. The van der Waals surface area contributed by atoms with Crippen molar-refractivity contribution in [3.8, 4) is 0 Å². The molecule has 0 aromatic heterocycles. The summed E-state index contributed by atoms with van der Waals surface area (Å²) in [5.41, 5.74) is 0.931. The molecule has 0 unspecified atom stereocenters. The van der Waals surface area contributed by atoms with Crippen LogP contribution < -0.4 is 5.32 Å². The molecule has 6 rings (SSSR count). The highest BCUT2D eigenvalue weighted by Crippen LogP contribution is 2.65. The standard InChI is InChI=1S/C22H22N2O5/c1-29-22(28)11-2-4-12(5-3-11)23-17(25)8-9-24-20(26)18-13-6-7-14(16-10-15(13)16)19(18)21(24)27/h2-7,13-16,18-19H,8-10H2,1H3,(H,23,25)/t13-,14-,15-,16-,18+,19+/m0/s1. The van der Waals surface area contributed by atoms with Gasteiger partial charge in [0, 0.05) is 18.7 Å². The van der Waals surface area contributed by atoms with Gasteiger partial charge >= 0.3 is 5.97 Å². The fourth-order valence-electron chi connectivity index (χ4n) is 5.48. The van der Waals surface area contributed by atoms with Gasteiger partial charge in [-0.3, -0.25) is 19.3 Å². The molecule has 2 saturated carbocycles. The Morgan fingerprint density at radius 3 is 2.17 bits per heavy atom. The number of ether oxygens (including phenoxy) is 1. The summed E-state index contributed by atoms with van der Waals surface area (Å²) in [5.74, 6) is 0.118. The third-order valence-corrected chi connectivity index (χ3v) is 6.91. The maximum atomic E-state index is 12.9. The summed E-state index contributed by atoms with van der Waals surface area (Å²) in [6.07, 6.45) is 5.46. The van der Waals surface area contributed by atoms with Gasteiger partial charge in [-0.05, 0) is 54.4 Å². The number of nitrogens with zero attached hydrogens (tertiary/aromatic N) is 1. The van der Waals surface area contributed by atoms with E-state index in [1.807, 2.05) is 0 Å². The number of rotatable bonds is 5. The smallest absolute Gasteiger partial charge is 0.337 e. The Morgan fingerprint density at radius 1 is 1.03 bits per heavy atom. The topological polar surface area (TPSA) is 92.8 Å². The van der Waals surface area contributed by atoms with Crippen LogP contribution in [0, 0.1) is 35.5 Å². The number of hydrogen-bond donors (Lipinski definition) is 1. The van der Waals surface area contributed by atoms with E-state index in [-0.39, 0.29) is 54.4 Å². The van der Waals surface area contributed by atoms with E-state index in [1.54, 1.807) is 24.3 Å². The molecule has 3 amide bonds. The first-order valence-corrected chi connectivity index (χ1v) is 10.0. The number of esters is 1. The van der Waals surface area contributed by atoms with Crippen molar-refractivity contribution in [2.45, 2.75) is 12.8 Å². The minimum atomic E-state index is -0.448. The average Bonchev–Trinajstić information content (AvgIpc) is 3.51. The summed E-state index contributed by atoms with van der Waals surface area (Å²) in [4.78, 5) is 50.9. The van der Waals surface area contributed by atoms with Gasteiger partial charge < -0.3 is 10.1 Å². The van der Waals surface area contributed by atoms with Crippen molar-refractivity contribution in [1.82, 2.24) is 4.90 Å². The van der Waals surface area contributed by atoms with Crippen LogP contribution in [0.5, 0.6) is 0 Å². The number of methoxy groups -OCH3 is 1. The lowest BCUT2D eigenvalue weighted by Crippen LogP contribution is -2.40. The van der Waals surface area contributed by atoms with Crippen LogP contribution in [-0.2, 0) is 19.1 Å². The van der Waals surface area contributed by atoms with E-state index < -0.39 is 5.97 Å². The minimum Gasteiger partial charge on any atom is -0.465 e. The Kier molecular flexibility index (Phi) is 4.08. The first-order chi connectivity index (χ1) is 14.0. The molecule has 1 saturated heterocycles. The van der Waals surface area contributed by atoms with Gasteiger partial charge in [0.1, 0.15) is 0 Å². The normalized spacial score (nSPS) is 33.3. The molecule has 2 bridgehead atoms. The van der Waals surface area contributed by atoms with Gasteiger partial charge in [-0.1, -0.05) is 12.2 Å². The second-order valence-corrected chi connectivity index (χ2v) is 8.35. The van der Waals surface area contributed by atoms with Gasteiger partial charge in [0.05, 0.1) is 24.5 Å². The van der Waals surface area contributed by atoms with Crippen LogP contribution in [0.3, 0.4) is 0 Å². The zero-order valence-electron chi connectivity index (χ0n) is 16.0. The number of carbonyl (C=O) groups excluding carboxylic acids is 4. The molecule has 0 spiro atoms. The predicted molar refractivity (Wildman–Crippen MR) is 102 cm³/mol. The van der Waals surface area contributed by atoms with Crippen molar-refractivity contribution in [3.63, 3.8) is 0 Å². The van der Waals surface area contributed by atoms with Gasteiger partial charge in [0.15, 0.2) is 0 Å². The molecule has 1 aromatic rings. The summed E-state index contributed by atoms with van der Waals surface area (Å²) >= 11 is 0. The van der Waals surface area contributed by atoms with E-state index in [2.05, 4.69) is 22.2 Å². The largest absolute Gasteiger partial charge is 0.465 e. The molecule has 29 heavy (non-hydrogen) atoms. The van der Waals surface area contributed by atoms with Crippen molar-refractivity contribution in [3.05, 3.63) is 42.0 Å². The molecule has 1 heterocycles. The van der Waals surface area contributed by atoms with Crippen molar-refractivity contribution in [2.24, 2.45) is 35.5 Å². The van der Waals surface area contributed by atoms with E-state index in [9.17, 15) is 19.2 Å². The molecule has 7 nitrogen and oxygen atoms in total. The van der Waals surface area contributed by atoms with Crippen LogP contribution in [0.15, 0.2) is 36.4 Å². The van der Waals surface area contributed by atoms with Crippen molar-refractivity contribution >= 4 is 29.4 Å². The molecule has 5 aliphatic rings. The number of nitrogens with one attached hydrogen (secondary N) is 1. The molecule has 3 fully saturated rings. The van der Waals surface area contributed by atoms with Gasteiger partial charge in [0.2, 0.25) is 17.7 Å². The first-order valence-electron chi connectivity index (χ1n) is 10.0. The summed E-state index contributed by atoms with van der Waals surface area (Å²) < 4.78 is 4.64. The number of hydrogen-bond acceptors (Lipinski definition) is 5. The maximum Gasteiger partial charge on any atom is 0.337 e. The number of allylic oxidation sites excluding steroid dienone is 2. The van der Waals surface area contributed by atoms with Crippen LogP contribution in [0.1, 0.15) is 23.2 Å². The van der Waals surface area contributed by atoms with E-state index in [4.69, 9.17) is 0 Å². The molecule has 7 heteroatoms. The Balaban J connectivity index is 1.20. The molecular formula is C22H22N2O5. The van der Waals surface area contributed by atoms with Gasteiger partial charge in [0.25, 0.3) is 0 Å². The lowest BCUT2D eigenvalue weighted by molar-refractivity contribution is -0.140. The second kappa shape index (κ2) is 6.54. The first kappa shape index (κ1) is 18.1. The highest BCUT2D eigenvalue weighted by Gasteiger charge is 2.66. The zero-order valence-corrected chi connectivity index (χ0v) is 16.0. The lowest BCUT2D eigenvalue weighted by atomic mass is 9.63. The highest BCUT2D eigenvalue weighted by molar-refractivity contribution is 6.06. The van der Waals surface area contributed by atoms with E-state index in [0.717, 1.165) is 6.42 Å². The molecule has 150 valence electrons. The van der Waals surface area contributed by atoms with Crippen molar-refractivity contribution in [2.75, 3.05) is 19.0 Å². The van der Waals surface area contributed by atoms with Crippen molar-refractivity contribution in [1.29, 1.82) is 0 Å². The third kappa shape index (κ3) is 2.79. The molecule has 1 N–H and O–H groups in total. The SMILES string of the molecule is COC(=O)c1ccc(NC(=O)CCN2C(=O)[C@@H]3[C@H]4C=C[C@@H]([C@@H]5C[C@@H]45)[C@H]3C2=O)cc1. The van der Waals surface area contributed by atoms with E-state index >= 15 is 0 Å². The number of likely N-dealkylation sites (tertiary alicyclic amines) is 1. The fraction of sp³-hybridized carbons (Fsp3) is 0.455. The Hall–Kier alpha value is -2.96. The van der Waals surface area contributed by atoms with Gasteiger partial charge in [-0.25, -0.2) is 4.79 Å². The monoisotopic (exact) mass is 394 g/mol. The molecule has 1 aliphatic heterocycles. The van der Waals surface area contributed by atoms with Gasteiger partial charge in [-0.2, -0.15) is 0 Å². The minimum absolute atomic E-state index is 0.0469. The lowest BCUT2D eigenvalue weighted by Gasteiger charge is -2.37. The summed E-state index contributed by atoms with van der Waals surface area (Å²) in [6.45, 7) is 0.103. The van der Waals surface area contributed by atoms with E-state index in [1.165, 1.54) is 12.0 Å². The summed E-state index contributed by atoms with van der Waals surface area (Å²) in [7, 11) is 1.31. The van der Waals surface area contributed by atoms with E-state index in [0.29, 0.717) is 23.1 Å². The number of amides is 3. The predicted octanol–water partition coefficient (Wildman–Crippen LogP) is 1.85. The number of anilines is 1. The van der Waals surface area contributed by atoms with Crippen LogP contribution >= 0.6 is 0 Å². The zero-order chi connectivity index (χ0) is 20.3. The quantitative estimate of drug-likeness (QED) is 0.467. The second-order valence-electron chi connectivity index (χ2n) is 8.35. The highest BCUT2D eigenvalue weighted by atomic mass is 16.5. The van der Waals surface area contributed by atoms with Gasteiger partial charge in [-0.15, -0.1) is 0 Å². The van der Waals surface area contributed by atoms with Crippen LogP contribution in [0.2, 0.25) is 0 Å². The number of carbonyl (C=O) groups is 4. The van der Waals surface area contributed by atoms with Crippen LogP contribution in [-0.4, -0.2) is 42.2 Å². The average molecular weight is 394 g/mol.